The van der Waals surface area contributed by atoms with Crippen LogP contribution in [-0.4, -0.2) is 0 Å². The summed E-state index contributed by atoms with van der Waals surface area (Å²) in [7, 11) is 0. The first-order valence-electron chi connectivity index (χ1n) is 2.47. The number of rotatable bonds is 0. The minimum Gasteiger partial charge on any atom is -0.0831 e. The Kier molecular flexibility index (Phi) is 2.14. The maximum Gasteiger partial charge on any atom is 0.0548 e. The Bertz CT molecular complexity index is 220. The number of benzene rings is 1. The van der Waals surface area contributed by atoms with E-state index in [9.17, 15) is 0 Å². The minimum atomic E-state index is 0.724. The molecule has 2 heteroatoms. The van der Waals surface area contributed by atoms with Gasteiger partial charge < -0.3 is 0 Å². The fraction of sp³-hybridized carbons (Fsp3) is 0. The third-order valence-corrected chi connectivity index (χ3v) is 2.20. The standard InChI is InChI=1S/C7H5BrCl/c1-5-2-3-7(9)6(8)4-5/h2-4H,1H2. The van der Waals surface area contributed by atoms with Crippen molar-refractivity contribution in [2.45, 2.75) is 0 Å². The first-order valence-corrected chi connectivity index (χ1v) is 3.64. The predicted octanol–water partition coefficient (Wildman–Crippen LogP) is 3.28. The highest BCUT2D eigenvalue weighted by Gasteiger charge is 1.93. The van der Waals surface area contributed by atoms with Gasteiger partial charge in [-0.2, -0.15) is 0 Å². The summed E-state index contributed by atoms with van der Waals surface area (Å²) in [5.74, 6) is 0. The largest absolute Gasteiger partial charge is 0.0831 e. The van der Waals surface area contributed by atoms with Crippen LogP contribution in [0.2, 0.25) is 5.02 Å². The van der Waals surface area contributed by atoms with Crippen LogP contribution in [0.25, 0.3) is 0 Å². The Morgan fingerprint density at radius 2 is 2.11 bits per heavy atom. The van der Waals surface area contributed by atoms with Crippen molar-refractivity contribution >= 4 is 27.5 Å². The summed E-state index contributed by atoms with van der Waals surface area (Å²) < 4.78 is 0.900. The van der Waals surface area contributed by atoms with E-state index in [1.807, 2.05) is 18.2 Å². The quantitative estimate of drug-likeness (QED) is 0.608. The molecule has 0 aliphatic carbocycles. The lowest BCUT2D eigenvalue weighted by molar-refractivity contribution is 1.57. The van der Waals surface area contributed by atoms with Crippen molar-refractivity contribution in [1.29, 1.82) is 0 Å². The Balaban J connectivity index is 3.17. The van der Waals surface area contributed by atoms with Crippen molar-refractivity contribution in [2.24, 2.45) is 0 Å². The highest BCUT2D eigenvalue weighted by atomic mass is 79.9. The van der Waals surface area contributed by atoms with Crippen molar-refractivity contribution in [2.75, 3.05) is 0 Å². The first kappa shape index (κ1) is 7.10. The van der Waals surface area contributed by atoms with Crippen LogP contribution in [0.4, 0.5) is 0 Å². The van der Waals surface area contributed by atoms with E-state index in [0.717, 1.165) is 15.1 Å². The van der Waals surface area contributed by atoms with Gasteiger partial charge in [0.25, 0.3) is 0 Å². The van der Waals surface area contributed by atoms with Crippen LogP contribution >= 0.6 is 27.5 Å². The fourth-order valence-electron chi connectivity index (χ4n) is 0.540. The van der Waals surface area contributed by atoms with Crippen LogP contribution < -0.4 is 0 Å². The highest BCUT2D eigenvalue weighted by molar-refractivity contribution is 9.10. The molecule has 1 aromatic carbocycles. The molecule has 0 aliphatic heterocycles. The Labute approximate surface area is 68.0 Å². The molecular formula is C7H5BrCl. The third-order valence-electron chi connectivity index (χ3n) is 0.984. The molecule has 1 rings (SSSR count). The van der Waals surface area contributed by atoms with Gasteiger partial charge in [-0.3, -0.25) is 0 Å². The van der Waals surface area contributed by atoms with E-state index in [-0.39, 0.29) is 0 Å². The summed E-state index contributed by atoms with van der Waals surface area (Å²) in [6, 6.07) is 5.56. The van der Waals surface area contributed by atoms with Crippen molar-refractivity contribution < 1.29 is 0 Å². The average Bonchev–Trinajstić information content (AvgIpc) is 1.80. The normalized spacial score (nSPS) is 9.67. The SMILES string of the molecule is [CH2]c1ccc(Cl)c(Br)c1. The molecule has 0 aromatic heterocycles. The fourth-order valence-corrected chi connectivity index (χ4v) is 1.08. The molecule has 47 valence electrons. The summed E-state index contributed by atoms with van der Waals surface area (Å²) in [5.41, 5.74) is 0.964. The van der Waals surface area contributed by atoms with Gasteiger partial charge in [-0.25, -0.2) is 0 Å². The van der Waals surface area contributed by atoms with Gasteiger partial charge in [0.05, 0.1) is 5.02 Å². The highest BCUT2D eigenvalue weighted by Crippen LogP contribution is 2.22. The van der Waals surface area contributed by atoms with Crippen molar-refractivity contribution in [3.63, 3.8) is 0 Å². The number of hydrogen-bond acceptors (Lipinski definition) is 0. The lowest BCUT2D eigenvalue weighted by Gasteiger charge is -1.94. The topological polar surface area (TPSA) is 0 Å². The van der Waals surface area contributed by atoms with Gasteiger partial charge in [0.2, 0.25) is 0 Å². The summed E-state index contributed by atoms with van der Waals surface area (Å²) in [4.78, 5) is 0. The van der Waals surface area contributed by atoms with Crippen LogP contribution in [0.3, 0.4) is 0 Å². The second-order valence-corrected chi connectivity index (χ2v) is 3.01. The third kappa shape index (κ3) is 1.70. The molecule has 0 bridgehead atoms. The number of hydrogen-bond donors (Lipinski definition) is 0. The van der Waals surface area contributed by atoms with Crippen molar-refractivity contribution in [3.05, 3.63) is 40.2 Å². The van der Waals surface area contributed by atoms with Crippen LogP contribution in [0.1, 0.15) is 5.56 Å². The zero-order chi connectivity index (χ0) is 6.85. The van der Waals surface area contributed by atoms with E-state index in [1.54, 1.807) is 0 Å². The summed E-state index contributed by atoms with van der Waals surface area (Å²) >= 11 is 8.98. The van der Waals surface area contributed by atoms with Gasteiger partial charge in [0, 0.05) is 4.47 Å². The minimum absolute atomic E-state index is 0.724. The number of halogens is 2. The lowest BCUT2D eigenvalue weighted by Crippen LogP contribution is -1.71. The molecule has 9 heavy (non-hydrogen) atoms. The van der Waals surface area contributed by atoms with E-state index in [0.29, 0.717) is 0 Å². The van der Waals surface area contributed by atoms with E-state index < -0.39 is 0 Å². The molecule has 0 nitrogen and oxygen atoms in total. The molecule has 0 fully saturated rings. The summed E-state index contributed by atoms with van der Waals surface area (Å²) in [5, 5.41) is 0.724. The maximum atomic E-state index is 5.71. The second-order valence-electron chi connectivity index (χ2n) is 1.75. The summed E-state index contributed by atoms with van der Waals surface area (Å²) in [6.07, 6.45) is 0. The van der Waals surface area contributed by atoms with Gasteiger partial charge in [-0.15, -0.1) is 0 Å². The Morgan fingerprint density at radius 3 is 2.56 bits per heavy atom. The van der Waals surface area contributed by atoms with Gasteiger partial charge in [-0.1, -0.05) is 17.7 Å². The van der Waals surface area contributed by atoms with Crippen molar-refractivity contribution in [3.8, 4) is 0 Å². The summed E-state index contributed by atoms with van der Waals surface area (Å²) in [6.45, 7) is 3.73. The molecule has 0 saturated carbocycles. The van der Waals surface area contributed by atoms with Crippen LogP contribution in [0, 0.1) is 6.92 Å². The van der Waals surface area contributed by atoms with Crippen LogP contribution in [0.5, 0.6) is 0 Å². The molecule has 1 radical (unpaired) electrons. The Morgan fingerprint density at radius 1 is 1.44 bits per heavy atom. The molecule has 1 aromatic rings. The molecule has 0 aliphatic rings. The molecule has 0 saturated heterocycles. The first-order chi connectivity index (χ1) is 4.20. The zero-order valence-electron chi connectivity index (χ0n) is 4.70. The van der Waals surface area contributed by atoms with E-state index in [4.69, 9.17) is 11.6 Å². The zero-order valence-corrected chi connectivity index (χ0v) is 7.04. The van der Waals surface area contributed by atoms with Crippen LogP contribution in [-0.2, 0) is 0 Å². The maximum absolute atomic E-state index is 5.71. The van der Waals surface area contributed by atoms with E-state index >= 15 is 0 Å². The van der Waals surface area contributed by atoms with E-state index in [2.05, 4.69) is 22.9 Å². The Hall–Kier alpha value is -0.0100. The predicted molar refractivity (Wildman–Crippen MR) is 43.6 cm³/mol. The molecule has 0 heterocycles. The second kappa shape index (κ2) is 2.72. The van der Waals surface area contributed by atoms with Crippen molar-refractivity contribution in [1.82, 2.24) is 0 Å². The molecule has 0 spiro atoms. The van der Waals surface area contributed by atoms with Gasteiger partial charge >= 0.3 is 0 Å². The van der Waals surface area contributed by atoms with Gasteiger partial charge in [0.1, 0.15) is 0 Å². The van der Waals surface area contributed by atoms with Gasteiger partial charge in [0.15, 0.2) is 0 Å². The molecule has 0 unspecified atom stereocenters. The van der Waals surface area contributed by atoms with E-state index in [1.165, 1.54) is 0 Å². The molecule has 0 amide bonds. The average molecular weight is 204 g/mol. The smallest absolute Gasteiger partial charge is 0.0548 e. The molecule has 0 atom stereocenters. The molecule has 0 N–H and O–H groups in total. The van der Waals surface area contributed by atoms with Crippen LogP contribution in [0.15, 0.2) is 22.7 Å². The monoisotopic (exact) mass is 203 g/mol. The lowest BCUT2D eigenvalue weighted by atomic mass is 10.2. The van der Waals surface area contributed by atoms with Gasteiger partial charge in [-0.05, 0) is 40.5 Å². The molecular weight excluding hydrogens is 199 g/mol.